The molecule has 140 valence electrons. The van der Waals surface area contributed by atoms with E-state index in [-0.39, 0.29) is 11.7 Å². The van der Waals surface area contributed by atoms with Crippen molar-refractivity contribution in [2.75, 3.05) is 20.2 Å². The molecule has 6 heteroatoms. The number of piperidine rings is 1. The predicted octanol–water partition coefficient (Wildman–Crippen LogP) is 3.46. The van der Waals surface area contributed by atoms with Crippen molar-refractivity contribution in [1.29, 1.82) is 0 Å². The van der Waals surface area contributed by atoms with Gasteiger partial charge < -0.3 is 9.26 Å². The summed E-state index contributed by atoms with van der Waals surface area (Å²) in [5, 5.41) is 6.14. The second-order valence-electron chi connectivity index (χ2n) is 7.00. The van der Waals surface area contributed by atoms with Gasteiger partial charge in [0.25, 0.3) is 5.89 Å². The Morgan fingerprint density at radius 3 is 3.00 bits per heavy atom. The molecule has 1 fully saturated rings. The highest BCUT2D eigenvalue weighted by molar-refractivity contribution is 6.09. The standard InChI is InChI=1S/C21H23N3O3/c1-26-14-20-22-19(23-27-20)13-24-11-5-8-16(12-24)21(25)18-10-4-7-15-6-2-3-9-17(15)18/h2-4,6-7,9-10,16H,5,8,11-14H2,1H3/t16-/m1/s1. The smallest absolute Gasteiger partial charge is 0.252 e. The van der Waals surface area contributed by atoms with Crippen LogP contribution in [-0.2, 0) is 17.9 Å². The second-order valence-corrected chi connectivity index (χ2v) is 7.00. The molecule has 4 rings (SSSR count). The number of methoxy groups -OCH3 is 1. The van der Waals surface area contributed by atoms with Gasteiger partial charge in [-0.15, -0.1) is 0 Å². The molecule has 0 N–H and O–H groups in total. The molecule has 0 amide bonds. The van der Waals surface area contributed by atoms with Crippen LogP contribution in [0.4, 0.5) is 0 Å². The van der Waals surface area contributed by atoms with Crippen LogP contribution < -0.4 is 0 Å². The molecule has 1 atom stereocenters. The molecule has 27 heavy (non-hydrogen) atoms. The maximum Gasteiger partial charge on any atom is 0.252 e. The van der Waals surface area contributed by atoms with E-state index in [2.05, 4.69) is 15.0 Å². The molecule has 0 unspecified atom stereocenters. The van der Waals surface area contributed by atoms with E-state index in [0.29, 0.717) is 24.9 Å². The minimum Gasteiger partial charge on any atom is -0.375 e. The first kappa shape index (κ1) is 17.8. The van der Waals surface area contributed by atoms with Crippen LogP contribution in [0.3, 0.4) is 0 Å². The largest absolute Gasteiger partial charge is 0.375 e. The lowest BCUT2D eigenvalue weighted by Crippen LogP contribution is -2.38. The van der Waals surface area contributed by atoms with Gasteiger partial charge in [-0.1, -0.05) is 47.6 Å². The number of ketones is 1. The molecule has 0 bridgehead atoms. The van der Waals surface area contributed by atoms with Gasteiger partial charge in [0.05, 0.1) is 6.54 Å². The number of likely N-dealkylation sites (tertiary alicyclic amines) is 1. The highest BCUT2D eigenvalue weighted by atomic mass is 16.5. The van der Waals surface area contributed by atoms with E-state index in [1.807, 2.05) is 42.5 Å². The Morgan fingerprint density at radius 1 is 1.26 bits per heavy atom. The molecule has 0 aliphatic carbocycles. The normalized spacial score (nSPS) is 18.0. The van der Waals surface area contributed by atoms with Gasteiger partial charge in [0.1, 0.15) is 6.61 Å². The molecule has 6 nitrogen and oxygen atoms in total. The summed E-state index contributed by atoms with van der Waals surface area (Å²) in [6, 6.07) is 14.0. The van der Waals surface area contributed by atoms with Gasteiger partial charge in [-0.25, -0.2) is 0 Å². The summed E-state index contributed by atoms with van der Waals surface area (Å²) in [7, 11) is 1.60. The zero-order valence-electron chi connectivity index (χ0n) is 15.4. The molecule has 1 aromatic heterocycles. The summed E-state index contributed by atoms with van der Waals surface area (Å²) in [6.07, 6.45) is 1.91. The van der Waals surface area contributed by atoms with E-state index in [9.17, 15) is 4.79 Å². The predicted molar refractivity (Wildman–Crippen MR) is 101 cm³/mol. The van der Waals surface area contributed by atoms with E-state index >= 15 is 0 Å². The average Bonchev–Trinajstić information content (AvgIpc) is 3.14. The Labute approximate surface area is 158 Å². The van der Waals surface area contributed by atoms with Gasteiger partial charge >= 0.3 is 0 Å². The molecule has 1 aliphatic rings. The molecular formula is C21H23N3O3. The fraction of sp³-hybridized carbons (Fsp3) is 0.381. The summed E-state index contributed by atoms with van der Waals surface area (Å²) in [5.41, 5.74) is 0.821. The summed E-state index contributed by atoms with van der Waals surface area (Å²) < 4.78 is 10.2. The van der Waals surface area contributed by atoms with E-state index in [4.69, 9.17) is 9.26 Å². The van der Waals surface area contributed by atoms with E-state index in [1.54, 1.807) is 7.11 Å². The van der Waals surface area contributed by atoms with Crippen molar-refractivity contribution in [2.24, 2.45) is 5.92 Å². The van der Waals surface area contributed by atoms with Crippen LogP contribution in [0.2, 0.25) is 0 Å². The number of benzene rings is 2. The van der Waals surface area contributed by atoms with Gasteiger partial charge in [-0.3, -0.25) is 9.69 Å². The molecule has 2 aromatic carbocycles. The number of hydrogen-bond donors (Lipinski definition) is 0. The topological polar surface area (TPSA) is 68.5 Å². The average molecular weight is 365 g/mol. The van der Waals surface area contributed by atoms with Gasteiger partial charge in [-0.05, 0) is 30.2 Å². The van der Waals surface area contributed by atoms with Crippen LogP contribution in [-0.4, -0.2) is 41.0 Å². The van der Waals surface area contributed by atoms with Crippen LogP contribution in [0.25, 0.3) is 10.8 Å². The summed E-state index contributed by atoms with van der Waals surface area (Å²) >= 11 is 0. The quantitative estimate of drug-likeness (QED) is 0.623. The fourth-order valence-corrected chi connectivity index (χ4v) is 3.81. The van der Waals surface area contributed by atoms with Crippen LogP contribution in [0, 0.1) is 5.92 Å². The van der Waals surface area contributed by atoms with Crippen LogP contribution in [0.1, 0.15) is 34.9 Å². The van der Waals surface area contributed by atoms with Crippen LogP contribution in [0.5, 0.6) is 0 Å². The minimum absolute atomic E-state index is 0.00472. The minimum atomic E-state index is -0.00472. The van der Waals surface area contributed by atoms with Gasteiger partial charge in [-0.2, -0.15) is 4.98 Å². The number of nitrogens with zero attached hydrogens (tertiary/aromatic N) is 3. The number of fused-ring (bicyclic) bond motifs is 1. The first-order chi connectivity index (χ1) is 13.2. The maximum absolute atomic E-state index is 13.2. The molecule has 0 saturated carbocycles. The third kappa shape index (κ3) is 3.91. The summed E-state index contributed by atoms with van der Waals surface area (Å²) in [5.74, 6) is 1.34. The molecule has 0 spiro atoms. The second kappa shape index (κ2) is 7.98. The molecule has 2 heterocycles. The lowest BCUT2D eigenvalue weighted by molar-refractivity contribution is 0.0809. The Bertz CT molecular complexity index is 932. The lowest BCUT2D eigenvalue weighted by atomic mass is 9.88. The lowest BCUT2D eigenvalue weighted by Gasteiger charge is -2.31. The Balaban J connectivity index is 1.48. The van der Waals surface area contributed by atoms with Crippen molar-refractivity contribution in [3.05, 3.63) is 59.7 Å². The maximum atomic E-state index is 13.2. The first-order valence-corrected chi connectivity index (χ1v) is 9.29. The molecule has 1 aliphatic heterocycles. The Morgan fingerprint density at radius 2 is 2.11 bits per heavy atom. The van der Waals surface area contributed by atoms with Gasteiger partial charge in [0.15, 0.2) is 11.6 Å². The summed E-state index contributed by atoms with van der Waals surface area (Å²) in [6.45, 7) is 2.56. The van der Waals surface area contributed by atoms with Crippen molar-refractivity contribution in [1.82, 2.24) is 15.0 Å². The van der Waals surface area contributed by atoms with Crippen LogP contribution in [0.15, 0.2) is 47.0 Å². The van der Waals surface area contributed by atoms with Crippen molar-refractivity contribution in [3.8, 4) is 0 Å². The number of rotatable bonds is 6. The van der Waals surface area contributed by atoms with E-state index < -0.39 is 0 Å². The highest BCUT2D eigenvalue weighted by Gasteiger charge is 2.28. The molecular weight excluding hydrogens is 342 g/mol. The first-order valence-electron chi connectivity index (χ1n) is 9.29. The fourth-order valence-electron chi connectivity index (χ4n) is 3.81. The van der Waals surface area contributed by atoms with E-state index in [1.165, 1.54) is 0 Å². The summed E-state index contributed by atoms with van der Waals surface area (Å²) in [4.78, 5) is 19.8. The number of ether oxygens (including phenoxy) is 1. The highest BCUT2D eigenvalue weighted by Crippen LogP contribution is 2.26. The molecule has 3 aromatic rings. The number of aromatic nitrogens is 2. The number of Topliss-reactive ketones (excluding diaryl/α,β-unsaturated/α-hetero) is 1. The Hall–Kier alpha value is -2.57. The van der Waals surface area contributed by atoms with Gasteiger partial charge in [0, 0.05) is 25.1 Å². The van der Waals surface area contributed by atoms with Crippen molar-refractivity contribution < 1.29 is 14.1 Å². The van der Waals surface area contributed by atoms with Gasteiger partial charge in [0.2, 0.25) is 0 Å². The third-order valence-corrected chi connectivity index (χ3v) is 5.07. The van der Waals surface area contributed by atoms with Crippen molar-refractivity contribution >= 4 is 16.6 Å². The number of hydrogen-bond acceptors (Lipinski definition) is 6. The van der Waals surface area contributed by atoms with Crippen molar-refractivity contribution in [2.45, 2.75) is 26.0 Å². The Kier molecular flexibility index (Phi) is 5.27. The zero-order valence-corrected chi connectivity index (χ0v) is 15.4. The van der Waals surface area contributed by atoms with Crippen LogP contribution >= 0.6 is 0 Å². The molecule has 0 radical (unpaired) electrons. The number of carbonyl (C=O) groups is 1. The van der Waals surface area contributed by atoms with E-state index in [0.717, 1.165) is 42.3 Å². The van der Waals surface area contributed by atoms with Crippen molar-refractivity contribution in [3.63, 3.8) is 0 Å². The number of carbonyl (C=O) groups excluding carboxylic acids is 1. The monoisotopic (exact) mass is 365 g/mol. The third-order valence-electron chi connectivity index (χ3n) is 5.07. The zero-order chi connectivity index (χ0) is 18.6. The SMILES string of the molecule is COCc1nc(CN2CCC[C@@H](C(=O)c3cccc4ccccc34)C2)no1. The molecule has 1 saturated heterocycles.